The number of aliphatic hydroxyl groups excluding tert-OH is 1. The quantitative estimate of drug-likeness (QED) is 0.659. The fraction of sp³-hybridized carbons (Fsp3) is 0.409. The van der Waals surface area contributed by atoms with Crippen LogP contribution in [0.3, 0.4) is 0 Å². The van der Waals surface area contributed by atoms with Crippen molar-refractivity contribution in [1.29, 1.82) is 0 Å². The molecule has 1 aliphatic carbocycles. The van der Waals surface area contributed by atoms with Crippen LogP contribution in [-0.4, -0.2) is 45.8 Å². The van der Waals surface area contributed by atoms with Gasteiger partial charge in [0, 0.05) is 17.4 Å². The van der Waals surface area contributed by atoms with Gasteiger partial charge in [-0.25, -0.2) is 0 Å². The van der Waals surface area contributed by atoms with Crippen LogP contribution in [0.1, 0.15) is 28.7 Å². The zero-order valence-electron chi connectivity index (χ0n) is 17.4. The van der Waals surface area contributed by atoms with Crippen molar-refractivity contribution < 1.29 is 38.3 Å². The Morgan fingerprint density at radius 1 is 0.906 bits per heavy atom. The molecule has 0 unspecified atom stereocenters. The number of ether oxygens (including phenoxy) is 6. The zero-order valence-corrected chi connectivity index (χ0v) is 19.0. The van der Waals surface area contributed by atoms with Crippen molar-refractivity contribution in [2.75, 3.05) is 34.7 Å². The smallest absolute Gasteiger partial charge is 0.310 e. The highest BCUT2D eigenvalue weighted by Crippen LogP contribution is 2.60. The number of hydrogen-bond acceptors (Lipinski definition) is 8. The van der Waals surface area contributed by atoms with E-state index in [0.717, 1.165) is 0 Å². The minimum Gasteiger partial charge on any atom is -0.491 e. The zero-order chi connectivity index (χ0) is 22.7. The minimum absolute atomic E-state index is 0.0690. The lowest BCUT2D eigenvalue weighted by Crippen LogP contribution is -2.35. The van der Waals surface area contributed by atoms with Crippen LogP contribution in [0.15, 0.2) is 12.1 Å². The van der Waals surface area contributed by atoms with E-state index in [1.54, 1.807) is 12.1 Å². The van der Waals surface area contributed by atoms with Gasteiger partial charge in [0.15, 0.2) is 23.0 Å². The van der Waals surface area contributed by atoms with E-state index in [-0.39, 0.29) is 40.7 Å². The lowest BCUT2D eigenvalue weighted by molar-refractivity contribution is -0.141. The topological polar surface area (TPSA) is 92.7 Å². The molecule has 2 aliphatic heterocycles. The van der Waals surface area contributed by atoms with Crippen LogP contribution in [0.2, 0.25) is 10.0 Å². The summed E-state index contributed by atoms with van der Waals surface area (Å²) < 4.78 is 32.9. The normalized spacial score (nSPS) is 25.1. The third kappa shape index (κ3) is 2.82. The Morgan fingerprint density at radius 2 is 1.47 bits per heavy atom. The van der Waals surface area contributed by atoms with Crippen LogP contribution >= 0.6 is 23.2 Å². The molecule has 0 bridgehead atoms. The van der Waals surface area contributed by atoms with Gasteiger partial charge in [-0.2, -0.15) is 0 Å². The highest BCUT2D eigenvalue weighted by atomic mass is 35.5. The second-order valence-corrected chi connectivity index (χ2v) is 8.47. The SMILES string of the molecule is COc1c(Cl)c([C@@H]2c3cc4c(cc3[C@H](O)[C@H]3COC(=O)[C@@H]23)OCO4)c(Cl)c(OC)c1OC. The molecule has 0 aromatic heterocycles. The fourth-order valence-electron chi connectivity index (χ4n) is 4.95. The maximum absolute atomic E-state index is 12.9. The Kier molecular flexibility index (Phi) is 5.19. The van der Waals surface area contributed by atoms with Crippen LogP contribution in [0.4, 0.5) is 0 Å². The molecule has 4 atom stereocenters. The average Bonchev–Trinajstić information content (AvgIpc) is 3.40. The molecule has 1 fully saturated rings. The number of rotatable bonds is 4. The van der Waals surface area contributed by atoms with Crippen molar-refractivity contribution >= 4 is 29.2 Å². The van der Waals surface area contributed by atoms with E-state index in [2.05, 4.69) is 0 Å². The number of carbonyl (C=O) groups is 1. The van der Waals surface area contributed by atoms with E-state index >= 15 is 0 Å². The Hall–Kier alpha value is -2.55. The predicted octanol–water partition coefficient (Wildman–Crippen LogP) is 3.72. The molecule has 5 rings (SSSR count). The van der Waals surface area contributed by atoms with Crippen molar-refractivity contribution in [2.45, 2.75) is 12.0 Å². The number of benzene rings is 2. The van der Waals surface area contributed by atoms with Gasteiger partial charge in [-0.3, -0.25) is 4.79 Å². The number of fused-ring (bicyclic) bond motifs is 3. The van der Waals surface area contributed by atoms with Crippen LogP contribution in [0.5, 0.6) is 28.7 Å². The van der Waals surface area contributed by atoms with Crippen LogP contribution in [0.25, 0.3) is 0 Å². The molecule has 0 amide bonds. The number of halogens is 2. The van der Waals surface area contributed by atoms with E-state index in [1.807, 2.05) is 0 Å². The van der Waals surface area contributed by atoms with Crippen molar-refractivity contribution in [1.82, 2.24) is 0 Å². The molecular weight excluding hydrogens is 463 g/mol. The molecule has 0 saturated carbocycles. The van der Waals surface area contributed by atoms with Gasteiger partial charge in [-0.1, -0.05) is 23.2 Å². The molecule has 3 aliphatic rings. The van der Waals surface area contributed by atoms with E-state index in [0.29, 0.717) is 28.2 Å². The predicted molar refractivity (Wildman–Crippen MR) is 113 cm³/mol. The molecule has 0 spiro atoms. The minimum atomic E-state index is -0.938. The third-order valence-corrected chi connectivity index (χ3v) is 7.11. The second kappa shape index (κ2) is 7.79. The van der Waals surface area contributed by atoms with E-state index in [9.17, 15) is 9.90 Å². The van der Waals surface area contributed by atoms with Crippen molar-refractivity contribution in [2.24, 2.45) is 11.8 Å². The highest BCUT2D eigenvalue weighted by molar-refractivity contribution is 6.38. The number of carbonyl (C=O) groups excluding carboxylic acids is 1. The van der Waals surface area contributed by atoms with Gasteiger partial charge in [-0.15, -0.1) is 0 Å². The van der Waals surface area contributed by atoms with E-state index in [4.69, 9.17) is 51.6 Å². The molecule has 32 heavy (non-hydrogen) atoms. The maximum Gasteiger partial charge on any atom is 0.310 e. The summed E-state index contributed by atoms with van der Waals surface area (Å²) in [6, 6.07) is 3.48. The number of methoxy groups -OCH3 is 3. The summed E-state index contributed by atoms with van der Waals surface area (Å²) in [4.78, 5) is 12.9. The first-order chi connectivity index (χ1) is 15.4. The fourth-order valence-corrected chi connectivity index (χ4v) is 5.75. The van der Waals surface area contributed by atoms with Gasteiger partial charge in [0.05, 0.1) is 50.0 Å². The van der Waals surface area contributed by atoms with Gasteiger partial charge >= 0.3 is 5.97 Å². The summed E-state index contributed by atoms with van der Waals surface area (Å²) in [6.07, 6.45) is -0.938. The first-order valence-electron chi connectivity index (χ1n) is 9.87. The molecule has 1 N–H and O–H groups in total. The maximum atomic E-state index is 12.9. The van der Waals surface area contributed by atoms with Crippen LogP contribution in [-0.2, 0) is 9.53 Å². The Morgan fingerprint density at radius 3 is 2.03 bits per heavy atom. The molecule has 2 aromatic rings. The van der Waals surface area contributed by atoms with Crippen molar-refractivity contribution in [3.63, 3.8) is 0 Å². The monoisotopic (exact) mass is 482 g/mol. The highest BCUT2D eigenvalue weighted by Gasteiger charge is 2.53. The molecule has 1 saturated heterocycles. The van der Waals surface area contributed by atoms with Gasteiger partial charge < -0.3 is 33.5 Å². The number of esters is 1. The molecular formula is C22H20Cl2O8. The molecule has 170 valence electrons. The van der Waals surface area contributed by atoms with Gasteiger partial charge in [0.1, 0.15) is 0 Å². The van der Waals surface area contributed by atoms with Crippen molar-refractivity contribution in [3.05, 3.63) is 38.9 Å². The van der Waals surface area contributed by atoms with Gasteiger partial charge in [-0.05, 0) is 23.3 Å². The summed E-state index contributed by atoms with van der Waals surface area (Å²) in [5, 5.41) is 11.5. The lowest BCUT2D eigenvalue weighted by atomic mass is 9.66. The number of hydrogen-bond donors (Lipinski definition) is 1. The first-order valence-corrected chi connectivity index (χ1v) is 10.6. The molecule has 2 aromatic carbocycles. The molecule has 2 heterocycles. The lowest BCUT2D eigenvalue weighted by Gasteiger charge is -2.37. The molecule has 10 heteroatoms. The average molecular weight is 483 g/mol. The van der Waals surface area contributed by atoms with Gasteiger partial charge in [0.2, 0.25) is 12.5 Å². The van der Waals surface area contributed by atoms with Crippen LogP contribution < -0.4 is 23.7 Å². The largest absolute Gasteiger partial charge is 0.491 e. The van der Waals surface area contributed by atoms with E-state index < -0.39 is 29.8 Å². The Labute approximate surface area is 193 Å². The first kappa shape index (κ1) is 21.3. The summed E-state index contributed by atoms with van der Waals surface area (Å²) in [6.45, 7) is 0.147. The molecule has 8 nitrogen and oxygen atoms in total. The summed E-state index contributed by atoms with van der Waals surface area (Å²) in [5.74, 6) is -0.607. The second-order valence-electron chi connectivity index (χ2n) is 7.72. The van der Waals surface area contributed by atoms with Crippen LogP contribution in [0, 0.1) is 11.8 Å². The Balaban J connectivity index is 1.83. The summed E-state index contributed by atoms with van der Waals surface area (Å²) in [7, 11) is 4.35. The van der Waals surface area contributed by atoms with Gasteiger partial charge in [0.25, 0.3) is 0 Å². The number of cyclic esters (lactones) is 1. The number of aliphatic hydroxyl groups is 1. The summed E-state index contributed by atoms with van der Waals surface area (Å²) in [5.41, 5.74) is 1.66. The van der Waals surface area contributed by atoms with Crippen molar-refractivity contribution in [3.8, 4) is 28.7 Å². The van der Waals surface area contributed by atoms with E-state index in [1.165, 1.54) is 21.3 Å². The standard InChI is InChI=1S/C22H20Cl2O8/c1-27-19-16(23)15(17(24)20(28-2)21(19)29-3)13-8-4-11-12(32-7-31-11)5-9(8)18(25)10-6-30-22(26)14(10)13/h4-5,10,13-14,18,25H,6-7H2,1-3H3/t10-,13+,14+,18-/m0/s1. The molecule has 0 radical (unpaired) electrons. The third-order valence-electron chi connectivity index (χ3n) is 6.36. The summed E-state index contributed by atoms with van der Waals surface area (Å²) >= 11 is 13.6. The Bertz CT molecular complexity index is 1090.